The lowest BCUT2D eigenvalue weighted by molar-refractivity contribution is 0.215. The molecule has 1 N–H and O–H groups in total. The summed E-state index contributed by atoms with van der Waals surface area (Å²) in [5.74, 6) is -2.58. The van der Waals surface area contributed by atoms with Crippen molar-refractivity contribution >= 4 is 0 Å². The number of rotatable bonds is 4. The summed E-state index contributed by atoms with van der Waals surface area (Å²) < 4.78 is 44.2. The van der Waals surface area contributed by atoms with Crippen LogP contribution in [0.25, 0.3) is 16.8 Å². The van der Waals surface area contributed by atoms with E-state index in [0.29, 0.717) is 5.56 Å². The molecule has 0 aliphatic rings. The molecular formula is C21H14F3N3O. The Kier molecular flexibility index (Phi) is 4.67. The third-order valence-electron chi connectivity index (χ3n) is 4.34. The zero-order valence-corrected chi connectivity index (χ0v) is 14.4. The molecule has 0 saturated heterocycles. The van der Waals surface area contributed by atoms with Crippen molar-refractivity contribution in [3.63, 3.8) is 0 Å². The molecule has 0 saturated carbocycles. The number of aliphatic hydroxyl groups excluding tert-OH is 1. The summed E-state index contributed by atoms with van der Waals surface area (Å²) >= 11 is 0. The van der Waals surface area contributed by atoms with Crippen molar-refractivity contribution in [3.8, 4) is 16.8 Å². The van der Waals surface area contributed by atoms with E-state index in [1.165, 1.54) is 24.4 Å². The summed E-state index contributed by atoms with van der Waals surface area (Å²) in [7, 11) is 0. The first-order chi connectivity index (χ1) is 13.5. The van der Waals surface area contributed by atoms with Gasteiger partial charge in [0.2, 0.25) is 0 Å². The summed E-state index contributed by atoms with van der Waals surface area (Å²) in [6, 6.07) is 16.3. The molecule has 0 spiro atoms. The number of halogens is 3. The SMILES string of the molecule is OC(c1ccccc1)c1cn(-c2cc(F)c(-c3ccccc3F)c(F)c2)nn1. The first-order valence-electron chi connectivity index (χ1n) is 8.44. The number of benzene rings is 3. The Labute approximate surface area is 158 Å². The second-order valence-electron chi connectivity index (χ2n) is 6.17. The lowest BCUT2D eigenvalue weighted by atomic mass is 10.0. The maximum Gasteiger partial charge on any atom is 0.136 e. The van der Waals surface area contributed by atoms with Gasteiger partial charge in [-0.1, -0.05) is 53.7 Å². The van der Waals surface area contributed by atoms with Gasteiger partial charge in [-0.05, 0) is 11.6 Å². The van der Waals surface area contributed by atoms with Crippen LogP contribution in [0.4, 0.5) is 13.2 Å². The van der Waals surface area contributed by atoms with Gasteiger partial charge >= 0.3 is 0 Å². The van der Waals surface area contributed by atoms with Crippen molar-refractivity contribution in [2.24, 2.45) is 0 Å². The van der Waals surface area contributed by atoms with Gasteiger partial charge in [0.05, 0.1) is 17.4 Å². The number of nitrogens with zero attached hydrogens (tertiary/aromatic N) is 3. The number of aromatic nitrogens is 3. The zero-order chi connectivity index (χ0) is 19.7. The fourth-order valence-corrected chi connectivity index (χ4v) is 2.95. The van der Waals surface area contributed by atoms with Crippen LogP contribution >= 0.6 is 0 Å². The Hall–Kier alpha value is -3.45. The van der Waals surface area contributed by atoms with Gasteiger partial charge in [-0.25, -0.2) is 17.9 Å². The Morgan fingerprint density at radius 1 is 0.821 bits per heavy atom. The molecule has 4 nitrogen and oxygen atoms in total. The summed E-state index contributed by atoms with van der Waals surface area (Å²) in [5, 5.41) is 18.1. The highest BCUT2D eigenvalue weighted by Crippen LogP contribution is 2.30. The van der Waals surface area contributed by atoms with Crippen LogP contribution in [0.5, 0.6) is 0 Å². The van der Waals surface area contributed by atoms with Crippen LogP contribution < -0.4 is 0 Å². The second-order valence-corrected chi connectivity index (χ2v) is 6.17. The van der Waals surface area contributed by atoms with Crippen molar-refractivity contribution in [2.45, 2.75) is 6.10 Å². The fourth-order valence-electron chi connectivity index (χ4n) is 2.95. The van der Waals surface area contributed by atoms with E-state index in [4.69, 9.17) is 0 Å². The Bertz CT molecular complexity index is 1110. The molecule has 0 amide bonds. The van der Waals surface area contributed by atoms with E-state index in [1.807, 2.05) is 6.07 Å². The topological polar surface area (TPSA) is 50.9 Å². The van der Waals surface area contributed by atoms with Crippen molar-refractivity contribution in [3.05, 3.63) is 102 Å². The number of aliphatic hydroxyl groups is 1. The molecule has 4 aromatic rings. The number of hydrogen-bond acceptors (Lipinski definition) is 3. The average Bonchev–Trinajstić information content (AvgIpc) is 3.19. The smallest absolute Gasteiger partial charge is 0.136 e. The molecular weight excluding hydrogens is 367 g/mol. The van der Waals surface area contributed by atoms with Gasteiger partial charge in [-0.3, -0.25) is 0 Å². The molecule has 0 fully saturated rings. The predicted molar refractivity (Wildman–Crippen MR) is 97.2 cm³/mol. The van der Waals surface area contributed by atoms with E-state index in [0.717, 1.165) is 22.9 Å². The molecule has 1 unspecified atom stereocenters. The van der Waals surface area contributed by atoms with E-state index >= 15 is 0 Å². The third kappa shape index (κ3) is 3.27. The summed E-state index contributed by atoms with van der Waals surface area (Å²) in [4.78, 5) is 0. The maximum absolute atomic E-state index is 14.6. The first-order valence-corrected chi connectivity index (χ1v) is 8.44. The van der Waals surface area contributed by atoms with E-state index < -0.39 is 29.1 Å². The van der Waals surface area contributed by atoms with Crippen molar-refractivity contribution in [1.29, 1.82) is 0 Å². The van der Waals surface area contributed by atoms with E-state index in [1.54, 1.807) is 24.3 Å². The van der Waals surface area contributed by atoms with Crippen LogP contribution in [0.15, 0.2) is 72.9 Å². The third-order valence-corrected chi connectivity index (χ3v) is 4.34. The average molecular weight is 381 g/mol. The van der Waals surface area contributed by atoms with Gasteiger partial charge in [-0.15, -0.1) is 5.10 Å². The maximum atomic E-state index is 14.6. The minimum Gasteiger partial charge on any atom is -0.382 e. The van der Waals surface area contributed by atoms with E-state index in [9.17, 15) is 18.3 Å². The largest absolute Gasteiger partial charge is 0.382 e. The van der Waals surface area contributed by atoms with Gasteiger partial charge in [0, 0.05) is 17.7 Å². The quantitative estimate of drug-likeness (QED) is 0.569. The summed E-state index contributed by atoms with van der Waals surface area (Å²) in [6.07, 6.45) is 0.358. The minimum absolute atomic E-state index is 0.0640. The summed E-state index contributed by atoms with van der Waals surface area (Å²) in [6.45, 7) is 0. The fraction of sp³-hybridized carbons (Fsp3) is 0.0476. The van der Waals surface area contributed by atoms with Crippen molar-refractivity contribution in [1.82, 2.24) is 15.0 Å². The first kappa shape index (κ1) is 17.9. The molecule has 0 bridgehead atoms. The molecule has 1 atom stereocenters. The predicted octanol–water partition coefficient (Wildman–Crippen LogP) is 4.43. The highest BCUT2D eigenvalue weighted by Gasteiger charge is 2.19. The molecule has 3 aromatic carbocycles. The van der Waals surface area contributed by atoms with Crippen molar-refractivity contribution in [2.75, 3.05) is 0 Å². The monoisotopic (exact) mass is 381 g/mol. The van der Waals surface area contributed by atoms with Gasteiger partial charge in [0.1, 0.15) is 29.2 Å². The van der Waals surface area contributed by atoms with Gasteiger partial charge < -0.3 is 5.11 Å². The standard InChI is InChI=1S/C21H14F3N3O/c22-16-9-5-4-8-15(16)20-17(23)10-14(11-18(20)24)27-12-19(25-26-27)21(28)13-6-2-1-3-7-13/h1-12,21,28H. The lowest BCUT2D eigenvalue weighted by Gasteiger charge is -2.09. The second kappa shape index (κ2) is 7.28. The molecule has 140 valence electrons. The molecule has 28 heavy (non-hydrogen) atoms. The highest BCUT2D eigenvalue weighted by molar-refractivity contribution is 5.67. The molecule has 7 heteroatoms. The number of hydrogen-bond donors (Lipinski definition) is 1. The highest BCUT2D eigenvalue weighted by atomic mass is 19.1. The van der Waals surface area contributed by atoms with E-state index in [-0.39, 0.29) is 16.9 Å². The Morgan fingerprint density at radius 3 is 2.14 bits per heavy atom. The van der Waals surface area contributed by atoms with Crippen LogP contribution in [0.2, 0.25) is 0 Å². The minimum atomic E-state index is -1.03. The normalized spacial score (nSPS) is 12.1. The zero-order valence-electron chi connectivity index (χ0n) is 14.4. The van der Waals surface area contributed by atoms with Crippen LogP contribution in [0.3, 0.4) is 0 Å². The molecule has 0 radical (unpaired) electrons. The van der Waals surface area contributed by atoms with Crippen LogP contribution in [0, 0.1) is 17.5 Å². The molecule has 1 heterocycles. The Balaban J connectivity index is 1.70. The van der Waals surface area contributed by atoms with Crippen molar-refractivity contribution < 1.29 is 18.3 Å². The molecule has 0 aliphatic carbocycles. The van der Waals surface area contributed by atoms with Crippen LogP contribution in [-0.2, 0) is 0 Å². The molecule has 0 aliphatic heterocycles. The molecule has 1 aromatic heterocycles. The van der Waals surface area contributed by atoms with E-state index in [2.05, 4.69) is 10.3 Å². The summed E-state index contributed by atoms with van der Waals surface area (Å²) in [5.41, 5.74) is 0.287. The van der Waals surface area contributed by atoms with Gasteiger partial charge in [0.15, 0.2) is 0 Å². The Morgan fingerprint density at radius 2 is 1.46 bits per heavy atom. The molecule has 4 rings (SSSR count). The van der Waals surface area contributed by atoms with Gasteiger partial charge in [0.25, 0.3) is 0 Å². The van der Waals surface area contributed by atoms with Crippen LogP contribution in [0.1, 0.15) is 17.4 Å². The van der Waals surface area contributed by atoms with Crippen LogP contribution in [-0.4, -0.2) is 20.1 Å². The van der Waals surface area contributed by atoms with Gasteiger partial charge in [-0.2, -0.15) is 0 Å². The lowest BCUT2D eigenvalue weighted by Crippen LogP contribution is -2.01.